The SMILES string of the molecule is O=[N+]([O-])c1cccc(C=Cc2cc(Cl)cc(Cl)c2)c1. The van der Waals surface area contributed by atoms with Crippen LogP contribution in [0.4, 0.5) is 5.69 Å². The van der Waals surface area contributed by atoms with Crippen LogP contribution in [0.3, 0.4) is 0 Å². The number of hydrogen-bond donors (Lipinski definition) is 0. The molecule has 96 valence electrons. The van der Waals surface area contributed by atoms with Gasteiger partial charge in [0.25, 0.3) is 5.69 Å². The Morgan fingerprint density at radius 1 is 0.947 bits per heavy atom. The highest BCUT2D eigenvalue weighted by molar-refractivity contribution is 6.34. The van der Waals surface area contributed by atoms with E-state index in [2.05, 4.69) is 0 Å². The Hall–Kier alpha value is -1.84. The molecule has 2 aromatic rings. The molecular weight excluding hydrogens is 285 g/mol. The maximum atomic E-state index is 10.7. The molecule has 0 aliphatic rings. The Bertz CT molecular complexity index is 633. The Balaban J connectivity index is 2.27. The maximum Gasteiger partial charge on any atom is 0.270 e. The average Bonchev–Trinajstić information content (AvgIpc) is 2.35. The van der Waals surface area contributed by atoms with E-state index in [-0.39, 0.29) is 5.69 Å². The quantitative estimate of drug-likeness (QED) is 0.450. The molecule has 5 heteroatoms. The standard InChI is InChI=1S/C14H9Cl2NO2/c15-12-6-11(7-13(16)9-12)5-4-10-2-1-3-14(8-10)17(18)19/h1-9H. The van der Waals surface area contributed by atoms with Gasteiger partial charge in [-0.15, -0.1) is 0 Å². The molecule has 0 spiro atoms. The third kappa shape index (κ3) is 3.81. The van der Waals surface area contributed by atoms with Gasteiger partial charge in [0.1, 0.15) is 0 Å². The summed E-state index contributed by atoms with van der Waals surface area (Å²) >= 11 is 11.8. The fraction of sp³-hybridized carbons (Fsp3) is 0. The lowest BCUT2D eigenvalue weighted by Gasteiger charge is -1.98. The first-order valence-corrected chi connectivity index (χ1v) is 6.19. The number of nitro benzene ring substituents is 1. The zero-order valence-electron chi connectivity index (χ0n) is 9.72. The van der Waals surface area contributed by atoms with E-state index in [0.717, 1.165) is 11.1 Å². The Morgan fingerprint density at radius 3 is 2.21 bits per heavy atom. The van der Waals surface area contributed by atoms with Crippen LogP contribution >= 0.6 is 23.2 Å². The maximum absolute atomic E-state index is 10.7. The van der Waals surface area contributed by atoms with E-state index >= 15 is 0 Å². The van der Waals surface area contributed by atoms with Crippen LogP contribution in [0.1, 0.15) is 11.1 Å². The molecule has 0 saturated heterocycles. The van der Waals surface area contributed by atoms with Gasteiger partial charge in [-0.25, -0.2) is 0 Å². The second-order valence-electron chi connectivity index (χ2n) is 3.89. The van der Waals surface area contributed by atoms with Crippen molar-refractivity contribution in [2.24, 2.45) is 0 Å². The summed E-state index contributed by atoms with van der Waals surface area (Å²) < 4.78 is 0. The van der Waals surface area contributed by atoms with Crippen molar-refractivity contribution in [3.8, 4) is 0 Å². The number of nitrogens with zero attached hydrogens (tertiary/aromatic N) is 1. The molecule has 0 unspecified atom stereocenters. The number of nitro groups is 1. The molecular formula is C14H9Cl2NO2. The molecule has 0 aromatic heterocycles. The van der Waals surface area contributed by atoms with Crippen LogP contribution in [0.5, 0.6) is 0 Å². The van der Waals surface area contributed by atoms with Crippen LogP contribution in [0.25, 0.3) is 12.2 Å². The van der Waals surface area contributed by atoms with Gasteiger partial charge in [-0.3, -0.25) is 10.1 Å². The zero-order chi connectivity index (χ0) is 13.8. The second-order valence-corrected chi connectivity index (χ2v) is 4.76. The van der Waals surface area contributed by atoms with Crippen molar-refractivity contribution in [1.82, 2.24) is 0 Å². The predicted molar refractivity (Wildman–Crippen MR) is 78.5 cm³/mol. The summed E-state index contributed by atoms with van der Waals surface area (Å²) in [5, 5.41) is 11.8. The molecule has 0 aliphatic heterocycles. The normalized spacial score (nSPS) is 10.8. The number of rotatable bonds is 3. The van der Waals surface area contributed by atoms with Gasteiger partial charge in [0.2, 0.25) is 0 Å². The van der Waals surface area contributed by atoms with E-state index in [1.165, 1.54) is 12.1 Å². The lowest BCUT2D eigenvalue weighted by Crippen LogP contribution is -1.87. The van der Waals surface area contributed by atoms with Crippen LogP contribution in [0.2, 0.25) is 10.0 Å². The number of non-ortho nitro benzene ring substituents is 1. The van der Waals surface area contributed by atoms with Crippen molar-refractivity contribution < 1.29 is 4.92 Å². The van der Waals surface area contributed by atoms with Gasteiger partial charge in [-0.1, -0.05) is 47.5 Å². The van der Waals surface area contributed by atoms with E-state index in [4.69, 9.17) is 23.2 Å². The summed E-state index contributed by atoms with van der Waals surface area (Å²) in [6, 6.07) is 11.6. The average molecular weight is 294 g/mol. The van der Waals surface area contributed by atoms with E-state index in [1.807, 2.05) is 0 Å². The summed E-state index contributed by atoms with van der Waals surface area (Å²) in [7, 11) is 0. The number of hydrogen-bond acceptors (Lipinski definition) is 2. The van der Waals surface area contributed by atoms with Crippen molar-refractivity contribution in [3.05, 3.63) is 73.8 Å². The Kier molecular flexibility index (Phi) is 4.20. The fourth-order valence-corrected chi connectivity index (χ4v) is 2.15. The van der Waals surface area contributed by atoms with Gasteiger partial charge < -0.3 is 0 Å². The monoisotopic (exact) mass is 293 g/mol. The molecule has 0 fully saturated rings. The number of benzene rings is 2. The summed E-state index contributed by atoms with van der Waals surface area (Å²) in [4.78, 5) is 10.2. The second kappa shape index (κ2) is 5.87. The summed E-state index contributed by atoms with van der Waals surface area (Å²) in [5.41, 5.74) is 1.64. The lowest BCUT2D eigenvalue weighted by molar-refractivity contribution is -0.384. The minimum absolute atomic E-state index is 0.0614. The summed E-state index contributed by atoms with van der Waals surface area (Å²) in [6.07, 6.45) is 3.58. The molecule has 19 heavy (non-hydrogen) atoms. The minimum atomic E-state index is -0.423. The summed E-state index contributed by atoms with van der Waals surface area (Å²) in [5.74, 6) is 0. The highest BCUT2D eigenvalue weighted by Gasteiger charge is 2.03. The Morgan fingerprint density at radius 2 is 1.58 bits per heavy atom. The smallest absolute Gasteiger partial charge is 0.258 e. The molecule has 3 nitrogen and oxygen atoms in total. The molecule has 0 radical (unpaired) electrons. The topological polar surface area (TPSA) is 43.1 Å². The number of halogens is 2. The van der Waals surface area contributed by atoms with E-state index in [9.17, 15) is 10.1 Å². The van der Waals surface area contributed by atoms with Crippen LogP contribution in [0, 0.1) is 10.1 Å². The van der Waals surface area contributed by atoms with Crippen molar-refractivity contribution in [1.29, 1.82) is 0 Å². The third-order valence-electron chi connectivity index (χ3n) is 2.43. The van der Waals surface area contributed by atoms with Crippen LogP contribution < -0.4 is 0 Å². The van der Waals surface area contributed by atoms with Crippen molar-refractivity contribution in [2.75, 3.05) is 0 Å². The van der Waals surface area contributed by atoms with Gasteiger partial charge in [-0.05, 0) is 29.3 Å². The molecule has 2 aromatic carbocycles. The van der Waals surface area contributed by atoms with E-state index in [1.54, 1.807) is 42.5 Å². The molecule has 0 amide bonds. The lowest BCUT2D eigenvalue weighted by atomic mass is 10.1. The molecule has 0 bridgehead atoms. The van der Waals surface area contributed by atoms with Crippen LogP contribution in [0.15, 0.2) is 42.5 Å². The van der Waals surface area contributed by atoms with Gasteiger partial charge in [0.15, 0.2) is 0 Å². The minimum Gasteiger partial charge on any atom is -0.258 e. The zero-order valence-corrected chi connectivity index (χ0v) is 11.2. The molecule has 0 saturated carbocycles. The van der Waals surface area contributed by atoms with Gasteiger partial charge in [-0.2, -0.15) is 0 Å². The van der Waals surface area contributed by atoms with Crippen LogP contribution in [-0.2, 0) is 0 Å². The third-order valence-corrected chi connectivity index (χ3v) is 2.87. The first-order chi connectivity index (χ1) is 9.04. The van der Waals surface area contributed by atoms with Crippen molar-refractivity contribution in [2.45, 2.75) is 0 Å². The van der Waals surface area contributed by atoms with E-state index < -0.39 is 4.92 Å². The van der Waals surface area contributed by atoms with Crippen molar-refractivity contribution in [3.63, 3.8) is 0 Å². The molecule has 0 aliphatic carbocycles. The predicted octanol–water partition coefficient (Wildman–Crippen LogP) is 5.07. The molecule has 2 rings (SSSR count). The van der Waals surface area contributed by atoms with Gasteiger partial charge in [0.05, 0.1) is 4.92 Å². The first kappa shape index (κ1) is 13.6. The van der Waals surface area contributed by atoms with E-state index in [0.29, 0.717) is 10.0 Å². The fourth-order valence-electron chi connectivity index (χ4n) is 1.61. The largest absolute Gasteiger partial charge is 0.270 e. The van der Waals surface area contributed by atoms with Crippen molar-refractivity contribution >= 4 is 41.0 Å². The first-order valence-electron chi connectivity index (χ1n) is 5.43. The molecule has 0 heterocycles. The molecule has 0 atom stereocenters. The molecule has 0 N–H and O–H groups in total. The van der Waals surface area contributed by atoms with Crippen LogP contribution in [-0.4, -0.2) is 4.92 Å². The Labute approximate surface area is 120 Å². The highest BCUT2D eigenvalue weighted by atomic mass is 35.5. The summed E-state index contributed by atoms with van der Waals surface area (Å²) in [6.45, 7) is 0. The van der Waals surface area contributed by atoms with Gasteiger partial charge >= 0.3 is 0 Å². The highest BCUT2D eigenvalue weighted by Crippen LogP contribution is 2.21. The van der Waals surface area contributed by atoms with Gasteiger partial charge in [0, 0.05) is 22.2 Å².